The molecule has 7 nitrogen and oxygen atoms in total. The highest BCUT2D eigenvalue weighted by Crippen LogP contribution is 2.23. The second kappa shape index (κ2) is 10.8. The van der Waals surface area contributed by atoms with Crippen molar-refractivity contribution in [1.82, 2.24) is 9.88 Å². The number of nitrogens with zero attached hydrogens (tertiary/aromatic N) is 1. The van der Waals surface area contributed by atoms with E-state index in [0.717, 1.165) is 23.8 Å². The molecule has 2 N–H and O–H groups in total. The number of nitrogens with one attached hydrogen (secondary N) is 2. The highest BCUT2D eigenvalue weighted by atomic mass is 19.1. The third-order valence-electron chi connectivity index (χ3n) is 5.36. The summed E-state index contributed by atoms with van der Waals surface area (Å²) in [6, 6.07) is 9.34. The number of carbonyl (C=O) groups excluding carboxylic acids is 2. The number of hydrogen-bond donors (Lipinski definition) is 2. The van der Waals surface area contributed by atoms with Crippen molar-refractivity contribution in [1.29, 1.82) is 0 Å². The summed E-state index contributed by atoms with van der Waals surface area (Å²) in [5.41, 5.74) is 2.84. The lowest BCUT2D eigenvalue weighted by molar-refractivity contribution is 0.0525. The smallest absolute Gasteiger partial charge is 0.340 e. The number of H-pyrrole nitrogens is 1. The van der Waals surface area contributed by atoms with Crippen LogP contribution in [0.15, 0.2) is 42.5 Å². The van der Waals surface area contributed by atoms with Gasteiger partial charge in [0.25, 0.3) is 0 Å². The van der Waals surface area contributed by atoms with Crippen molar-refractivity contribution in [3.05, 3.63) is 82.2 Å². The van der Waals surface area contributed by atoms with Crippen LogP contribution in [0.3, 0.4) is 0 Å². The molecule has 0 fully saturated rings. The van der Waals surface area contributed by atoms with Crippen molar-refractivity contribution < 1.29 is 27.8 Å². The number of amides is 2. The van der Waals surface area contributed by atoms with Crippen molar-refractivity contribution in [3.8, 4) is 5.75 Å². The van der Waals surface area contributed by atoms with E-state index in [1.807, 2.05) is 0 Å². The van der Waals surface area contributed by atoms with Crippen molar-refractivity contribution in [3.63, 3.8) is 0 Å². The Morgan fingerprint density at radius 3 is 2.41 bits per heavy atom. The number of benzene rings is 2. The number of anilines is 1. The Labute approximate surface area is 196 Å². The molecule has 3 rings (SSSR count). The molecule has 2 amide bonds. The molecular weight excluding hydrogens is 444 g/mol. The summed E-state index contributed by atoms with van der Waals surface area (Å²) in [5.74, 6) is -1.21. The topological polar surface area (TPSA) is 83.7 Å². The van der Waals surface area contributed by atoms with Gasteiger partial charge in [-0.2, -0.15) is 0 Å². The number of halogens is 2. The van der Waals surface area contributed by atoms with Crippen molar-refractivity contribution in [2.75, 3.05) is 19.0 Å². The maximum absolute atomic E-state index is 14.1. The molecule has 0 bridgehead atoms. The first-order chi connectivity index (χ1) is 16.2. The van der Waals surface area contributed by atoms with Crippen LogP contribution < -0.4 is 10.1 Å². The molecule has 0 saturated heterocycles. The average molecular weight is 472 g/mol. The van der Waals surface area contributed by atoms with Crippen LogP contribution in [0.25, 0.3) is 0 Å². The number of aromatic amines is 1. The minimum atomic E-state index is -0.754. The lowest BCUT2D eigenvalue weighted by Crippen LogP contribution is -2.34. The standard InChI is InChI=1S/C25H27F2N3O4/c1-5-34-24(31)23-15(2)22(28-16(23)3)14-30(13-17-6-9-19(33-4)10-7-17)25(32)29-21-12-18(26)8-11-20(21)27/h6-12,28H,5,13-14H2,1-4H3,(H,29,32). The van der Waals surface area contributed by atoms with Crippen LogP contribution in [0.2, 0.25) is 0 Å². The second-order valence-electron chi connectivity index (χ2n) is 7.71. The molecule has 1 aromatic heterocycles. The van der Waals surface area contributed by atoms with Gasteiger partial charge in [0.05, 0.1) is 31.5 Å². The molecule has 0 aliphatic rings. The van der Waals surface area contributed by atoms with E-state index in [0.29, 0.717) is 28.3 Å². The summed E-state index contributed by atoms with van der Waals surface area (Å²) in [6.45, 7) is 5.73. The van der Waals surface area contributed by atoms with Gasteiger partial charge >= 0.3 is 12.0 Å². The fourth-order valence-corrected chi connectivity index (χ4v) is 3.61. The molecule has 34 heavy (non-hydrogen) atoms. The summed E-state index contributed by atoms with van der Waals surface area (Å²) in [6.07, 6.45) is 0. The molecule has 0 spiro atoms. The van der Waals surface area contributed by atoms with E-state index < -0.39 is 23.6 Å². The van der Waals surface area contributed by atoms with Crippen LogP contribution in [0.4, 0.5) is 19.3 Å². The Morgan fingerprint density at radius 2 is 1.76 bits per heavy atom. The largest absolute Gasteiger partial charge is 0.497 e. The summed E-state index contributed by atoms with van der Waals surface area (Å²) < 4.78 is 38.1. The molecule has 2 aromatic carbocycles. The van der Waals surface area contributed by atoms with Gasteiger partial charge in [0.2, 0.25) is 0 Å². The fraction of sp³-hybridized carbons (Fsp3) is 0.280. The summed E-state index contributed by atoms with van der Waals surface area (Å²) in [4.78, 5) is 30.1. The predicted octanol–water partition coefficient (Wildman–Crippen LogP) is 5.33. The molecule has 0 unspecified atom stereocenters. The van der Waals surface area contributed by atoms with Gasteiger partial charge in [-0.3, -0.25) is 0 Å². The Morgan fingerprint density at radius 1 is 1.06 bits per heavy atom. The van der Waals surface area contributed by atoms with E-state index in [1.54, 1.807) is 52.1 Å². The number of carbonyl (C=O) groups is 2. The summed E-state index contributed by atoms with van der Waals surface area (Å²) in [7, 11) is 1.56. The predicted molar refractivity (Wildman–Crippen MR) is 124 cm³/mol. The maximum Gasteiger partial charge on any atom is 0.340 e. The van der Waals surface area contributed by atoms with Crippen LogP contribution in [0.5, 0.6) is 5.75 Å². The first kappa shape index (κ1) is 24.8. The highest BCUT2D eigenvalue weighted by Gasteiger charge is 2.23. The van der Waals surface area contributed by atoms with Crippen molar-refractivity contribution in [2.45, 2.75) is 33.9 Å². The minimum Gasteiger partial charge on any atom is -0.497 e. The molecule has 0 atom stereocenters. The first-order valence-electron chi connectivity index (χ1n) is 10.7. The van der Waals surface area contributed by atoms with Gasteiger partial charge in [0, 0.05) is 24.0 Å². The number of aryl methyl sites for hydroxylation is 1. The van der Waals surface area contributed by atoms with Gasteiger partial charge in [-0.05, 0) is 56.2 Å². The number of hydrogen-bond acceptors (Lipinski definition) is 4. The second-order valence-corrected chi connectivity index (χ2v) is 7.71. The highest BCUT2D eigenvalue weighted by molar-refractivity contribution is 5.93. The number of rotatable bonds is 8. The fourth-order valence-electron chi connectivity index (χ4n) is 3.61. The molecule has 3 aromatic rings. The van der Waals surface area contributed by atoms with E-state index in [9.17, 15) is 18.4 Å². The van der Waals surface area contributed by atoms with Crippen LogP contribution in [0, 0.1) is 25.5 Å². The number of esters is 1. The Kier molecular flexibility index (Phi) is 7.88. The number of methoxy groups -OCH3 is 1. The minimum absolute atomic E-state index is 0.0842. The van der Waals surface area contributed by atoms with E-state index in [1.165, 1.54) is 4.90 Å². The van der Waals surface area contributed by atoms with E-state index >= 15 is 0 Å². The SMILES string of the molecule is CCOC(=O)c1c(C)[nH]c(CN(Cc2ccc(OC)cc2)C(=O)Nc2cc(F)ccc2F)c1C. The van der Waals surface area contributed by atoms with Crippen LogP contribution in [0.1, 0.15) is 39.8 Å². The average Bonchev–Trinajstić information content (AvgIpc) is 3.09. The maximum atomic E-state index is 14.1. The van der Waals surface area contributed by atoms with Crippen LogP contribution >= 0.6 is 0 Å². The molecule has 0 radical (unpaired) electrons. The molecular formula is C25H27F2N3O4. The van der Waals surface area contributed by atoms with Crippen LogP contribution in [-0.2, 0) is 17.8 Å². The third-order valence-corrected chi connectivity index (χ3v) is 5.36. The third kappa shape index (κ3) is 5.72. The van der Waals surface area contributed by atoms with E-state index in [-0.39, 0.29) is 25.4 Å². The van der Waals surface area contributed by atoms with E-state index in [2.05, 4.69) is 10.3 Å². The van der Waals surface area contributed by atoms with Crippen LogP contribution in [-0.4, -0.2) is 35.6 Å². The molecule has 1 heterocycles. The van der Waals surface area contributed by atoms with Gasteiger partial charge < -0.3 is 24.7 Å². The first-order valence-corrected chi connectivity index (χ1v) is 10.7. The van der Waals surface area contributed by atoms with E-state index in [4.69, 9.17) is 9.47 Å². The van der Waals surface area contributed by atoms with Crippen molar-refractivity contribution >= 4 is 17.7 Å². The number of aromatic nitrogens is 1. The molecule has 0 aliphatic carbocycles. The molecule has 180 valence electrons. The molecule has 0 aliphatic heterocycles. The lowest BCUT2D eigenvalue weighted by atomic mass is 10.1. The Bertz CT molecular complexity index is 1180. The zero-order valence-corrected chi connectivity index (χ0v) is 19.5. The number of ether oxygens (including phenoxy) is 2. The van der Waals surface area contributed by atoms with Gasteiger partial charge in [-0.15, -0.1) is 0 Å². The van der Waals surface area contributed by atoms with Crippen molar-refractivity contribution in [2.24, 2.45) is 0 Å². The van der Waals surface area contributed by atoms with Gasteiger partial charge in [0.1, 0.15) is 17.4 Å². The van der Waals surface area contributed by atoms with Gasteiger partial charge in [0.15, 0.2) is 0 Å². The van der Waals surface area contributed by atoms with Gasteiger partial charge in [-0.25, -0.2) is 18.4 Å². The lowest BCUT2D eigenvalue weighted by Gasteiger charge is -2.24. The zero-order valence-electron chi connectivity index (χ0n) is 19.5. The quantitative estimate of drug-likeness (QED) is 0.435. The number of urea groups is 1. The normalized spacial score (nSPS) is 10.6. The molecule has 9 heteroatoms. The summed E-state index contributed by atoms with van der Waals surface area (Å²) in [5, 5.41) is 2.44. The molecule has 0 saturated carbocycles. The van der Waals surface area contributed by atoms with Gasteiger partial charge in [-0.1, -0.05) is 12.1 Å². The zero-order chi connectivity index (χ0) is 24.8. The Hall–Kier alpha value is -3.88. The monoisotopic (exact) mass is 471 g/mol. The summed E-state index contributed by atoms with van der Waals surface area (Å²) >= 11 is 0. The Balaban J connectivity index is 1.91.